The van der Waals surface area contributed by atoms with Crippen molar-refractivity contribution in [2.75, 3.05) is 13.2 Å². The van der Waals surface area contributed by atoms with Crippen LogP contribution in [0.25, 0.3) is 0 Å². The van der Waals surface area contributed by atoms with E-state index in [9.17, 15) is 9.59 Å². The molecule has 0 saturated carbocycles. The van der Waals surface area contributed by atoms with E-state index in [0.29, 0.717) is 26.0 Å². The maximum atomic E-state index is 13.5. The number of rotatable bonds is 6. The summed E-state index contributed by atoms with van der Waals surface area (Å²) in [4.78, 5) is 27.8. The first-order valence-corrected chi connectivity index (χ1v) is 16.7. The van der Waals surface area contributed by atoms with Gasteiger partial charge in [0.2, 0.25) is 5.91 Å². The van der Waals surface area contributed by atoms with E-state index in [2.05, 4.69) is 80.7 Å². The van der Waals surface area contributed by atoms with Crippen LogP contribution in [0.2, 0.25) is 5.04 Å². The minimum absolute atomic E-state index is 0.1000. The SMILES string of the molecule is CC(C)(C)OC(=O)NC1CCN(C2CCOc3ccc(O[Si](c4ccccc4)(c4ccccc4)C(C)(C)C)cc32)C1=O. The van der Waals surface area contributed by atoms with Crippen LogP contribution < -0.4 is 24.9 Å². The lowest BCUT2D eigenvalue weighted by Crippen LogP contribution is -2.68. The normalized spacial score (nSPS) is 19.1. The number of likely N-dealkylation sites (tertiary alicyclic amines) is 1. The fourth-order valence-electron chi connectivity index (χ4n) is 6.16. The molecule has 2 atom stereocenters. The van der Waals surface area contributed by atoms with Gasteiger partial charge < -0.3 is 24.1 Å². The van der Waals surface area contributed by atoms with Crippen LogP contribution in [-0.4, -0.2) is 50.0 Å². The van der Waals surface area contributed by atoms with Crippen molar-refractivity contribution < 1.29 is 23.5 Å². The number of alkyl carbamates (subject to hydrolysis) is 1. The monoisotopic (exact) mass is 586 g/mol. The Kier molecular flexibility index (Phi) is 8.12. The Labute approximate surface area is 250 Å². The molecule has 0 aromatic heterocycles. The molecule has 7 nitrogen and oxygen atoms in total. The van der Waals surface area contributed by atoms with Gasteiger partial charge >= 0.3 is 14.4 Å². The Morgan fingerprint density at radius 3 is 2.10 bits per heavy atom. The second kappa shape index (κ2) is 11.5. The number of amides is 2. The fourth-order valence-corrected chi connectivity index (χ4v) is 10.6. The summed E-state index contributed by atoms with van der Waals surface area (Å²) >= 11 is 0. The zero-order valence-electron chi connectivity index (χ0n) is 25.5. The molecule has 2 unspecified atom stereocenters. The molecule has 0 bridgehead atoms. The molecule has 0 aliphatic carbocycles. The van der Waals surface area contributed by atoms with Crippen LogP contribution in [0.4, 0.5) is 4.79 Å². The van der Waals surface area contributed by atoms with Crippen LogP contribution in [-0.2, 0) is 9.53 Å². The molecule has 2 heterocycles. The van der Waals surface area contributed by atoms with Crippen LogP contribution >= 0.6 is 0 Å². The van der Waals surface area contributed by atoms with Crippen molar-refractivity contribution in [2.24, 2.45) is 0 Å². The summed E-state index contributed by atoms with van der Waals surface area (Å²) in [7, 11) is -2.83. The smallest absolute Gasteiger partial charge is 0.408 e. The van der Waals surface area contributed by atoms with Crippen LogP contribution in [0.1, 0.15) is 66.0 Å². The van der Waals surface area contributed by atoms with Gasteiger partial charge in [0, 0.05) is 18.5 Å². The third-order valence-electron chi connectivity index (χ3n) is 7.98. The van der Waals surface area contributed by atoms with Crippen molar-refractivity contribution in [1.29, 1.82) is 0 Å². The van der Waals surface area contributed by atoms with Crippen LogP contribution in [0.5, 0.6) is 11.5 Å². The molecule has 8 heteroatoms. The first kappa shape index (κ1) is 29.7. The first-order chi connectivity index (χ1) is 19.9. The van der Waals surface area contributed by atoms with E-state index in [1.165, 1.54) is 10.4 Å². The standard InChI is InChI=1S/C34H42N2O5Si/c1-33(2,3)40-32(38)35-28-19-21-36(31(28)37)29-20-22-39-30-18-17-24(23-27(29)30)41-42(34(4,5)6,25-13-9-7-10-14-25)26-15-11-8-12-16-26/h7-18,23,28-29H,19-22H2,1-6H3,(H,35,38). The van der Waals surface area contributed by atoms with Crippen LogP contribution in [0.15, 0.2) is 78.9 Å². The summed E-state index contributed by atoms with van der Waals surface area (Å²) in [5, 5.41) is 4.97. The predicted octanol–water partition coefficient (Wildman–Crippen LogP) is 5.57. The molecular formula is C34H42N2O5Si. The number of ether oxygens (including phenoxy) is 2. The second-order valence-corrected chi connectivity index (χ2v) is 17.4. The average molecular weight is 587 g/mol. The molecule has 42 heavy (non-hydrogen) atoms. The van der Waals surface area contributed by atoms with E-state index in [-0.39, 0.29) is 17.0 Å². The zero-order chi connectivity index (χ0) is 30.1. The van der Waals surface area contributed by atoms with Crippen molar-refractivity contribution >= 4 is 30.7 Å². The van der Waals surface area contributed by atoms with Crippen LogP contribution in [0, 0.1) is 0 Å². The van der Waals surface area contributed by atoms with Gasteiger partial charge in [0.15, 0.2) is 0 Å². The summed E-state index contributed by atoms with van der Waals surface area (Å²) in [6.07, 6.45) is 0.625. The Morgan fingerprint density at radius 1 is 0.905 bits per heavy atom. The molecular weight excluding hydrogens is 544 g/mol. The van der Waals surface area contributed by atoms with Gasteiger partial charge in [-0.3, -0.25) is 4.79 Å². The molecule has 0 spiro atoms. The van der Waals surface area contributed by atoms with Crippen LogP contribution in [0.3, 0.4) is 0 Å². The van der Waals surface area contributed by atoms with Gasteiger partial charge in [0.25, 0.3) is 0 Å². The van der Waals surface area contributed by atoms with Crippen molar-refractivity contribution in [1.82, 2.24) is 10.2 Å². The minimum Gasteiger partial charge on any atom is -0.534 e. The molecule has 2 aliphatic rings. The van der Waals surface area contributed by atoms with Gasteiger partial charge in [0.05, 0.1) is 12.6 Å². The summed E-state index contributed by atoms with van der Waals surface area (Å²) < 4.78 is 18.7. The quantitative estimate of drug-likeness (QED) is 0.382. The highest BCUT2D eigenvalue weighted by atomic mass is 28.4. The zero-order valence-corrected chi connectivity index (χ0v) is 26.5. The molecule has 1 fully saturated rings. The Balaban J connectivity index is 1.48. The van der Waals surface area contributed by atoms with E-state index < -0.39 is 26.1 Å². The van der Waals surface area contributed by atoms with Gasteiger partial charge in [-0.05, 0) is 60.8 Å². The van der Waals surface area contributed by atoms with E-state index in [4.69, 9.17) is 13.9 Å². The highest BCUT2D eigenvalue weighted by molar-refractivity contribution is 7.00. The molecule has 5 rings (SSSR count). The number of hydrogen-bond donors (Lipinski definition) is 1. The number of nitrogens with zero attached hydrogens (tertiary/aromatic N) is 1. The topological polar surface area (TPSA) is 77.1 Å². The van der Waals surface area contributed by atoms with Gasteiger partial charge in [-0.1, -0.05) is 81.4 Å². The third kappa shape index (κ3) is 5.90. The summed E-state index contributed by atoms with van der Waals surface area (Å²) in [6.45, 7) is 13.2. The molecule has 1 N–H and O–H groups in total. The van der Waals surface area contributed by atoms with Gasteiger partial charge in [-0.15, -0.1) is 0 Å². The van der Waals surface area contributed by atoms with E-state index in [0.717, 1.165) is 17.1 Å². The lowest BCUT2D eigenvalue weighted by molar-refractivity contribution is -0.132. The minimum atomic E-state index is -2.83. The Morgan fingerprint density at radius 2 is 1.52 bits per heavy atom. The molecule has 3 aromatic carbocycles. The third-order valence-corrected chi connectivity index (χ3v) is 12.9. The largest absolute Gasteiger partial charge is 0.534 e. The number of hydrogen-bond acceptors (Lipinski definition) is 5. The number of carbonyl (C=O) groups excluding carboxylic acids is 2. The van der Waals surface area contributed by atoms with Crippen molar-refractivity contribution in [2.45, 2.75) is 77.1 Å². The highest BCUT2D eigenvalue weighted by Crippen LogP contribution is 2.42. The fraction of sp³-hybridized carbons (Fsp3) is 0.412. The van der Waals surface area contributed by atoms with Gasteiger partial charge in [-0.2, -0.15) is 0 Å². The number of nitrogens with one attached hydrogen (secondary N) is 1. The summed E-state index contributed by atoms with van der Waals surface area (Å²) in [5.74, 6) is 1.42. The number of carbonyl (C=O) groups is 2. The predicted molar refractivity (Wildman–Crippen MR) is 167 cm³/mol. The maximum Gasteiger partial charge on any atom is 0.408 e. The molecule has 1 saturated heterocycles. The van der Waals surface area contributed by atoms with Crippen molar-refractivity contribution in [3.05, 3.63) is 84.4 Å². The van der Waals surface area contributed by atoms with Gasteiger partial charge in [0.1, 0.15) is 23.1 Å². The van der Waals surface area contributed by atoms with Crippen molar-refractivity contribution in [3.63, 3.8) is 0 Å². The van der Waals surface area contributed by atoms with E-state index in [1.54, 1.807) is 20.8 Å². The van der Waals surface area contributed by atoms with Crippen molar-refractivity contribution in [3.8, 4) is 11.5 Å². The lowest BCUT2D eigenvalue weighted by atomic mass is 9.99. The van der Waals surface area contributed by atoms with Gasteiger partial charge in [-0.25, -0.2) is 4.79 Å². The molecule has 222 valence electrons. The summed E-state index contributed by atoms with van der Waals surface area (Å²) in [6, 6.07) is 26.3. The average Bonchev–Trinajstić information content (AvgIpc) is 3.29. The highest BCUT2D eigenvalue weighted by Gasteiger charge is 2.52. The Hall–Kier alpha value is -3.78. The lowest BCUT2D eigenvalue weighted by Gasteiger charge is -2.43. The van der Waals surface area contributed by atoms with E-state index >= 15 is 0 Å². The number of fused-ring (bicyclic) bond motifs is 1. The molecule has 0 radical (unpaired) electrons. The maximum absolute atomic E-state index is 13.5. The number of benzene rings is 3. The Bertz CT molecular complexity index is 1380. The van der Waals surface area contributed by atoms with E-state index in [1.807, 2.05) is 29.2 Å². The second-order valence-electron chi connectivity index (χ2n) is 13.1. The molecule has 3 aromatic rings. The molecule has 2 aliphatic heterocycles. The first-order valence-electron chi connectivity index (χ1n) is 14.8. The summed E-state index contributed by atoms with van der Waals surface area (Å²) in [5.41, 5.74) is 0.301. The molecule has 2 amide bonds.